The number of hydrogen-bond acceptors (Lipinski definition) is 4. The van der Waals surface area contributed by atoms with E-state index in [1.54, 1.807) is 6.20 Å². The first kappa shape index (κ1) is 17.7. The van der Waals surface area contributed by atoms with Crippen LogP contribution in [0.2, 0.25) is 5.15 Å². The minimum atomic E-state index is -0.474. The molecule has 0 amide bonds. The van der Waals surface area contributed by atoms with E-state index in [1.807, 2.05) is 10.6 Å². The van der Waals surface area contributed by atoms with Crippen molar-refractivity contribution in [1.29, 1.82) is 0 Å². The lowest BCUT2D eigenvalue weighted by atomic mass is 9.72. The third-order valence-corrected chi connectivity index (χ3v) is 6.36. The van der Waals surface area contributed by atoms with Gasteiger partial charge >= 0.3 is 5.97 Å². The molecule has 7 heteroatoms. The summed E-state index contributed by atoms with van der Waals surface area (Å²) in [6.07, 6.45) is 5.90. The van der Waals surface area contributed by atoms with E-state index >= 15 is 0 Å². The number of aromatic nitrogens is 3. The third kappa shape index (κ3) is 2.46. The van der Waals surface area contributed by atoms with Crippen LogP contribution in [0.4, 0.5) is 0 Å². The Hall–Kier alpha value is -1.14. The third-order valence-electron chi connectivity index (χ3n) is 5.53. The lowest BCUT2D eigenvalue weighted by Gasteiger charge is -2.32. The van der Waals surface area contributed by atoms with Gasteiger partial charge in [0.25, 0.3) is 0 Å². The van der Waals surface area contributed by atoms with Crippen LogP contribution in [0.3, 0.4) is 0 Å². The highest BCUT2D eigenvalue weighted by atomic mass is 79.9. The SMILES string of the molecule is COC(=O)C1(C(C)C)CCC(C)(c2nc(Br)c3c(Cl)nccn23)C1. The van der Waals surface area contributed by atoms with E-state index in [0.717, 1.165) is 24.2 Å². The maximum Gasteiger partial charge on any atom is 0.312 e. The van der Waals surface area contributed by atoms with Gasteiger partial charge in [-0.2, -0.15) is 0 Å². The van der Waals surface area contributed by atoms with Crippen molar-refractivity contribution in [2.24, 2.45) is 11.3 Å². The van der Waals surface area contributed by atoms with E-state index in [9.17, 15) is 4.79 Å². The minimum Gasteiger partial charge on any atom is -0.469 e. The monoisotopic (exact) mass is 413 g/mol. The Morgan fingerprint density at radius 2 is 2.17 bits per heavy atom. The number of fused-ring (bicyclic) bond motifs is 1. The van der Waals surface area contributed by atoms with Gasteiger partial charge in [-0.1, -0.05) is 32.4 Å². The minimum absolute atomic E-state index is 0.124. The van der Waals surface area contributed by atoms with Crippen LogP contribution in [0, 0.1) is 11.3 Å². The summed E-state index contributed by atoms with van der Waals surface area (Å²) in [5.41, 5.74) is 0.0481. The first-order chi connectivity index (χ1) is 11.2. The van der Waals surface area contributed by atoms with Crippen LogP contribution in [0.5, 0.6) is 0 Å². The van der Waals surface area contributed by atoms with Gasteiger partial charge in [0.15, 0.2) is 5.15 Å². The molecule has 1 saturated carbocycles. The van der Waals surface area contributed by atoms with Crippen LogP contribution in [-0.4, -0.2) is 27.4 Å². The molecule has 5 nitrogen and oxygen atoms in total. The van der Waals surface area contributed by atoms with Crippen molar-refractivity contribution in [3.05, 3.63) is 28.0 Å². The van der Waals surface area contributed by atoms with Crippen molar-refractivity contribution in [3.63, 3.8) is 0 Å². The van der Waals surface area contributed by atoms with E-state index in [2.05, 4.69) is 41.7 Å². The van der Waals surface area contributed by atoms with Gasteiger partial charge in [-0.3, -0.25) is 9.20 Å². The fourth-order valence-corrected chi connectivity index (χ4v) is 4.95. The van der Waals surface area contributed by atoms with Crippen LogP contribution in [0.25, 0.3) is 5.52 Å². The smallest absolute Gasteiger partial charge is 0.312 e. The number of nitrogens with zero attached hydrogens (tertiary/aromatic N) is 3. The van der Waals surface area contributed by atoms with Gasteiger partial charge in [0.2, 0.25) is 0 Å². The lowest BCUT2D eigenvalue weighted by Crippen LogP contribution is -2.37. The molecule has 0 aliphatic heterocycles. The summed E-state index contributed by atoms with van der Waals surface area (Å²) in [4.78, 5) is 21.4. The average molecular weight is 415 g/mol. The van der Waals surface area contributed by atoms with Crippen LogP contribution < -0.4 is 0 Å². The molecule has 0 bridgehead atoms. The van der Waals surface area contributed by atoms with E-state index in [0.29, 0.717) is 16.2 Å². The Balaban J connectivity index is 2.11. The number of carbonyl (C=O) groups is 1. The van der Waals surface area contributed by atoms with Crippen LogP contribution in [0.1, 0.15) is 45.9 Å². The summed E-state index contributed by atoms with van der Waals surface area (Å²) in [5, 5.41) is 0.410. The fourth-order valence-electron chi connectivity index (χ4n) is 4.06. The Morgan fingerprint density at radius 3 is 2.79 bits per heavy atom. The Bertz CT molecular complexity index is 806. The summed E-state index contributed by atoms with van der Waals surface area (Å²) in [6.45, 7) is 6.34. The second-order valence-electron chi connectivity index (χ2n) is 7.20. The molecule has 0 saturated heterocycles. The number of halogens is 2. The molecule has 2 aromatic heterocycles. The molecule has 0 N–H and O–H groups in total. The van der Waals surface area contributed by atoms with Crippen molar-refractivity contribution in [3.8, 4) is 0 Å². The standard InChI is InChI=1S/C17H21BrClN3O2/c1-10(2)17(15(23)24-4)6-5-16(3,9-17)14-21-12(18)11-13(19)20-7-8-22(11)14/h7-8,10H,5-6,9H2,1-4H3. The molecule has 130 valence electrons. The number of rotatable bonds is 3. The number of hydrogen-bond donors (Lipinski definition) is 0. The summed E-state index contributed by atoms with van der Waals surface area (Å²) >= 11 is 9.72. The molecule has 1 fully saturated rings. The van der Waals surface area contributed by atoms with Gasteiger partial charge in [-0.25, -0.2) is 9.97 Å². The predicted octanol–water partition coefficient (Wildman–Crippen LogP) is 4.40. The van der Waals surface area contributed by atoms with Crippen LogP contribution >= 0.6 is 27.5 Å². The van der Waals surface area contributed by atoms with Crippen LogP contribution in [-0.2, 0) is 14.9 Å². The molecule has 2 atom stereocenters. The Kier molecular flexibility index (Phi) is 4.41. The maximum atomic E-state index is 12.5. The number of carbonyl (C=O) groups excluding carboxylic acids is 1. The largest absolute Gasteiger partial charge is 0.469 e. The van der Waals surface area contributed by atoms with Crippen molar-refractivity contribution in [2.45, 2.75) is 45.4 Å². The van der Waals surface area contributed by atoms with Crippen molar-refractivity contribution in [1.82, 2.24) is 14.4 Å². The lowest BCUT2D eigenvalue weighted by molar-refractivity contribution is -0.155. The van der Waals surface area contributed by atoms with Gasteiger partial charge in [0.05, 0.1) is 12.5 Å². The molecule has 24 heavy (non-hydrogen) atoms. The Labute approximate surface area is 154 Å². The zero-order chi connectivity index (χ0) is 17.7. The zero-order valence-electron chi connectivity index (χ0n) is 14.3. The Morgan fingerprint density at radius 1 is 1.46 bits per heavy atom. The first-order valence-electron chi connectivity index (χ1n) is 8.02. The average Bonchev–Trinajstić information content (AvgIpc) is 3.08. The quantitative estimate of drug-likeness (QED) is 0.698. The van der Waals surface area contributed by atoms with Gasteiger partial charge in [-0.05, 0) is 41.1 Å². The van der Waals surface area contributed by atoms with Crippen molar-refractivity contribution in [2.75, 3.05) is 7.11 Å². The van der Waals surface area contributed by atoms with E-state index < -0.39 is 5.41 Å². The summed E-state index contributed by atoms with van der Waals surface area (Å²) in [7, 11) is 1.47. The maximum absolute atomic E-state index is 12.5. The van der Waals surface area contributed by atoms with Gasteiger partial charge in [0, 0.05) is 17.8 Å². The molecule has 0 spiro atoms. The molecule has 0 aromatic carbocycles. The molecular formula is C17H21BrClN3O2. The van der Waals surface area contributed by atoms with Crippen molar-refractivity contribution < 1.29 is 9.53 Å². The van der Waals surface area contributed by atoms with E-state index in [1.165, 1.54) is 7.11 Å². The number of methoxy groups -OCH3 is 1. The number of esters is 1. The highest BCUT2D eigenvalue weighted by Crippen LogP contribution is 2.55. The topological polar surface area (TPSA) is 56.5 Å². The number of imidazole rings is 1. The zero-order valence-corrected chi connectivity index (χ0v) is 16.6. The highest BCUT2D eigenvalue weighted by Gasteiger charge is 2.55. The second kappa shape index (κ2) is 5.99. The van der Waals surface area contributed by atoms with Crippen LogP contribution in [0.15, 0.2) is 17.0 Å². The van der Waals surface area contributed by atoms with Crippen molar-refractivity contribution >= 4 is 39.0 Å². The molecule has 2 unspecified atom stereocenters. The molecule has 1 aliphatic carbocycles. The molecule has 1 aliphatic rings. The molecular weight excluding hydrogens is 394 g/mol. The second-order valence-corrected chi connectivity index (χ2v) is 8.31. The summed E-state index contributed by atoms with van der Waals surface area (Å²) in [6, 6.07) is 0. The number of ether oxygens (including phenoxy) is 1. The van der Waals surface area contributed by atoms with Gasteiger partial charge < -0.3 is 4.74 Å². The van der Waals surface area contributed by atoms with E-state index in [-0.39, 0.29) is 17.3 Å². The normalized spacial score (nSPS) is 27.1. The summed E-state index contributed by atoms with van der Waals surface area (Å²) in [5.74, 6) is 0.979. The van der Waals surface area contributed by atoms with Gasteiger partial charge in [-0.15, -0.1) is 0 Å². The first-order valence-corrected chi connectivity index (χ1v) is 9.19. The molecule has 3 rings (SSSR count). The van der Waals surface area contributed by atoms with E-state index in [4.69, 9.17) is 21.3 Å². The summed E-state index contributed by atoms with van der Waals surface area (Å²) < 4.78 is 7.79. The predicted molar refractivity (Wildman–Crippen MR) is 96.2 cm³/mol. The highest BCUT2D eigenvalue weighted by molar-refractivity contribution is 9.10. The van der Waals surface area contributed by atoms with Gasteiger partial charge in [0.1, 0.15) is 15.9 Å². The molecule has 0 radical (unpaired) electrons. The molecule has 2 heterocycles. The molecule has 2 aromatic rings. The fraction of sp³-hybridized carbons (Fsp3) is 0.588.